The number of nitrogens with zero attached hydrogens (tertiary/aromatic N) is 1. The first-order valence-electron chi connectivity index (χ1n) is 10.5. The standard InChI is InChI=1S/C25H31N3O2S/c1-3-26-24(28-19-25(2,29)23-13-8-14-31-23)27-16-21-11-7-12-22(15-21)18-30-17-20-9-5-4-6-10-20/h4-15,29H,3,16-19H2,1-2H3,(H2,26,27,28). The molecule has 0 bridgehead atoms. The lowest BCUT2D eigenvalue weighted by Gasteiger charge is -2.23. The van der Waals surface area contributed by atoms with Gasteiger partial charge in [-0.3, -0.25) is 0 Å². The number of rotatable bonds is 10. The third-order valence-corrected chi connectivity index (χ3v) is 5.91. The van der Waals surface area contributed by atoms with E-state index in [1.165, 1.54) is 5.56 Å². The summed E-state index contributed by atoms with van der Waals surface area (Å²) in [6.07, 6.45) is 0. The summed E-state index contributed by atoms with van der Waals surface area (Å²) in [5.74, 6) is 0.685. The van der Waals surface area contributed by atoms with E-state index in [1.54, 1.807) is 11.3 Å². The minimum atomic E-state index is -0.944. The van der Waals surface area contributed by atoms with Gasteiger partial charge in [0.15, 0.2) is 5.96 Å². The van der Waals surface area contributed by atoms with E-state index >= 15 is 0 Å². The summed E-state index contributed by atoms with van der Waals surface area (Å²) in [5.41, 5.74) is 2.47. The van der Waals surface area contributed by atoms with Gasteiger partial charge in [0.05, 0.1) is 26.3 Å². The van der Waals surface area contributed by atoms with Crippen LogP contribution in [0.15, 0.2) is 77.1 Å². The number of aliphatic imine (C=N–C) groups is 1. The van der Waals surface area contributed by atoms with Gasteiger partial charge < -0.3 is 20.5 Å². The second kappa shape index (κ2) is 11.6. The molecule has 0 aliphatic carbocycles. The van der Waals surface area contributed by atoms with E-state index in [-0.39, 0.29) is 0 Å². The molecule has 3 aromatic rings. The summed E-state index contributed by atoms with van der Waals surface area (Å²) >= 11 is 1.55. The van der Waals surface area contributed by atoms with Crippen molar-refractivity contribution in [2.75, 3.05) is 13.1 Å². The van der Waals surface area contributed by atoms with Crippen LogP contribution in [0.25, 0.3) is 0 Å². The molecule has 3 rings (SSSR count). The van der Waals surface area contributed by atoms with Crippen LogP contribution in [0.5, 0.6) is 0 Å². The average Bonchev–Trinajstić information content (AvgIpc) is 3.33. The van der Waals surface area contributed by atoms with Crippen LogP contribution in [-0.4, -0.2) is 24.2 Å². The Morgan fingerprint density at radius 1 is 0.968 bits per heavy atom. The lowest BCUT2D eigenvalue weighted by atomic mass is 10.1. The highest BCUT2D eigenvalue weighted by Gasteiger charge is 2.24. The third-order valence-electron chi connectivity index (χ3n) is 4.79. The minimum absolute atomic E-state index is 0.382. The normalized spacial score (nSPS) is 13.6. The van der Waals surface area contributed by atoms with Crippen LogP contribution in [0.4, 0.5) is 0 Å². The summed E-state index contributed by atoms with van der Waals surface area (Å²) in [6.45, 7) is 6.68. The number of hydrogen-bond donors (Lipinski definition) is 3. The van der Waals surface area contributed by atoms with E-state index < -0.39 is 5.60 Å². The quantitative estimate of drug-likeness (QED) is 0.324. The number of nitrogens with one attached hydrogen (secondary N) is 2. The predicted molar refractivity (Wildman–Crippen MR) is 128 cm³/mol. The summed E-state index contributed by atoms with van der Waals surface area (Å²) in [4.78, 5) is 5.61. The molecule has 0 aliphatic rings. The van der Waals surface area contributed by atoms with Gasteiger partial charge in [-0.2, -0.15) is 0 Å². The van der Waals surface area contributed by atoms with Crippen LogP contribution in [0, 0.1) is 0 Å². The molecular formula is C25H31N3O2S. The number of benzene rings is 2. The summed E-state index contributed by atoms with van der Waals surface area (Å²) in [7, 11) is 0. The molecule has 0 saturated carbocycles. The number of aliphatic hydroxyl groups is 1. The molecule has 1 aromatic heterocycles. The molecule has 1 atom stereocenters. The molecule has 3 N–H and O–H groups in total. The van der Waals surface area contributed by atoms with Gasteiger partial charge in [0, 0.05) is 11.4 Å². The van der Waals surface area contributed by atoms with E-state index in [9.17, 15) is 5.11 Å². The smallest absolute Gasteiger partial charge is 0.191 e. The number of ether oxygens (including phenoxy) is 1. The molecule has 0 radical (unpaired) electrons. The van der Waals surface area contributed by atoms with E-state index in [1.807, 2.05) is 55.6 Å². The Balaban J connectivity index is 1.54. The fraction of sp³-hybridized carbons (Fsp3) is 0.320. The van der Waals surface area contributed by atoms with Crippen molar-refractivity contribution in [3.63, 3.8) is 0 Å². The fourth-order valence-electron chi connectivity index (χ4n) is 3.12. The lowest BCUT2D eigenvalue weighted by molar-refractivity contribution is 0.0655. The SMILES string of the molecule is CCNC(=NCc1cccc(COCc2ccccc2)c1)NCC(C)(O)c1cccs1. The first-order valence-corrected chi connectivity index (χ1v) is 11.4. The number of hydrogen-bond acceptors (Lipinski definition) is 4. The highest BCUT2D eigenvalue weighted by atomic mass is 32.1. The zero-order valence-electron chi connectivity index (χ0n) is 18.2. The zero-order valence-corrected chi connectivity index (χ0v) is 19.0. The molecule has 0 saturated heterocycles. The van der Waals surface area contributed by atoms with Gasteiger partial charge >= 0.3 is 0 Å². The van der Waals surface area contributed by atoms with Crippen LogP contribution in [0.2, 0.25) is 0 Å². The Morgan fingerprint density at radius 3 is 2.45 bits per heavy atom. The van der Waals surface area contributed by atoms with Crippen LogP contribution in [-0.2, 0) is 30.1 Å². The number of thiophene rings is 1. The molecule has 0 amide bonds. The second-order valence-corrected chi connectivity index (χ2v) is 8.55. The molecule has 6 heteroatoms. The van der Waals surface area contributed by atoms with Crippen molar-refractivity contribution in [1.82, 2.24) is 10.6 Å². The molecule has 2 aromatic carbocycles. The Kier molecular flexibility index (Phi) is 8.64. The maximum atomic E-state index is 10.7. The first-order chi connectivity index (χ1) is 15.1. The van der Waals surface area contributed by atoms with Crippen molar-refractivity contribution in [2.45, 2.75) is 39.2 Å². The van der Waals surface area contributed by atoms with Crippen molar-refractivity contribution in [3.05, 3.63) is 93.7 Å². The van der Waals surface area contributed by atoms with Crippen LogP contribution in [0.3, 0.4) is 0 Å². The van der Waals surface area contributed by atoms with Crippen LogP contribution < -0.4 is 10.6 Å². The maximum absolute atomic E-state index is 10.7. The molecule has 1 unspecified atom stereocenters. The zero-order chi connectivity index (χ0) is 21.9. The summed E-state index contributed by atoms with van der Waals surface area (Å²) in [6, 6.07) is 22.4. The van der Waals surface area contributed by atoms with Gasteiger partial charge in [-0.1, -0.05) is 60.7 Å². The van der Waals surface area contributed by atoms with Gasteiger partial charge in [-0.25, -0.2) is 4.99 Å². The molecule has 1 heterocycles. The van der Waals surface area contributed by atoms with Crippen LogP contribution >= 0.6 is 11.3 Å². The van der Waals surface area contributed by atoms with Crippen molar-refractivity contribution < 1.29 is 9.84 Å². The molecule has 0 fully saturated rings. The molecule has 164 valence electrons. The topological polar surface area (TPSA) is 65.9 Å². The fourth-order valence-corrected chi connectivity index (χ4v) is 3.91. The first kappa shape index (κ1) is 23.0. The predicted octanol–water partition coefficient (Wildman–Crippen LogP) is 4.43. The Labute approximate surface area is 188 Å². The average molecular weight is 438 g/mol. The molecule has 5 nitrogen and oxygen atoms in total. The van der Waals surface area contributed by atoms with Gasteiger partial charge in [-0.05, 0) is 42.0 Å². The molecule has 31 heavy (non-hydrogen) atoms. The van der Waals surface area contributed by atoms with E-state index in [0.717, 1.165) is 22.5 Å². The van der Waals surface area contributed by atoms with E-state index in [2.05, 4.69) is 46.0 Å². The van der Waals surface area contributed by atoms with Crippen LogP contribution in [0.1, 0.15) is 35.4 Å². The maximum Gasteiger partial charge on any atom is 0.191 e. The van der Waals surface area contributed by atoms with Crippen molar-refractivity contribution in [2.24, 2.45) is 4.99 Å². The largest absolute Gasteiger partial charge is 0.383 e. The van der Waals surface area contributed by atoms with Gasteiger partial charge in [0.25, 0.3) is 0 Å². The van der Waals surface area contributed by atoms with Gasteiger partial charge in [0.1, 0.15) is 5.60 Å². The summed E-state index contributed by atoms with van der Waals surface area (Å²) in [5, 5.41) is 19.2. The Hall–Kier alpha value is -2.67. The van der Waals surface area contributed by atoms with Gasteiger partial charge in [-0.15, -0.1) is 11.3 Å². The van der Waals surface area contributed by atoms with Gasteiger partial charge in [0.2, 0.25) is 0 Å². The monoisotopic (exact) mass is 437 g/mol. The van der Waals surface area contributed by atoms with Crippen molar-refractivity contribution >= 4 is 17.3 Å². The highest BCUT2D eigenvalue weighted by molar-refractivity contribution is 7.10. The third kappa shape index (κ3) is 7.51. The minimum Gasteiger partial charge on any atom is -0.383 e. The second-order valence-electron chi connectivity index (χ2n) is 7.60. The van der Waals surface area contributed by atoms with Crippen molar-refractivity contribution in [3.8, 4) is 0 Å². The summed E-state index contributed by atoms with van der Waals surface area (Å²) < 4.78 is 5.85. The Morgan fingerprint density at radius 2 is 1.71 bits per heavy atom. The van der Waals surface area contributed by atoms with Crippen molar-refractivity contribution in [1.29, 1.82) is 0 Å². The van der Waals surface area contributed by atoms with E-state index in [4.69, 9.17) is 4.74 Å². The molecule has 0 aliphatic heterocycles. The molecular weight excluding hydrogens is 406 g/mol. The highest BCUT2D eigenvalue weighted by Crippen LogP contribution is 2.24. The molecule has 0 spiro atoms. The lowest BCUT2D eigenvalue weighted by Crippen LogP contribution is -2.44. The Bertz CT molecular complexity index is 940. The van der Waals surface area contributed by atoms with E-state index in [0.29, 0.717) is 32.3 Å². The number of guanidine groups is 1.